The lowest BCUT2D eigenvalue weighted by Crippen LogP contribution is -2.19. The van der Waals surface area contributed by atoms with Crippen LogP contribution in [-0.2, 0) is 6.42 Å². The molecule has 1 unspecified atom stereocenters. The van der Waals surface area contributed by atoms with E-state index < -0.39 is 0 Å². The zero-order chi connectivity index (χ0) is 14.5. The summed E-state index contributed by atoms with van der Waals surface area (Å²) in [5.41, 5.74) is 2.39. The van der Waals surface area contributed by atoms with Crippen LogP contribution in [-0.4, -0.2) is 13.6 Å². The SMILES string of the molecule is CNCC(Cc1ccc(F)cc1Br)c1cccc(Br)c1. The van der Waals surface area contributed by atoms with Crippen molar-refractivity contribution in [3.05, 3.63) is 68.4 Å². The molecular formula is C16H16Br2FN. The molecule has 106 valence electrons. The zero-order valence-corrected chi connectivity index (χ0v) is 14.3. The molecule has 0 aliphatic heterocycles. The lowest BCUT2D eigenvalue weighted by molar-refractivity contribution is 0.613. The van der Waals surface area contributed by atoms with Crippen LogP contribution in [0.3, 0.4) is 0 Å². The Labute approximate surface area is 135 Å². The van der Waals surface area contributed by atoms with Gasteiger partial charge in [0.05, 0.1) is 0 Å². The van der Waals surface area contributed by atoms with Crippen LogP contribution in [0.25, 0.3) is 0 Å². The van der Waals surface area contributed by atoms with Crippen molar-refractivity contribution in [2.24, 2.45) is 0 Å². The molecule has 0 bridgehead atoms. The number of rotatable bonds is 5. The largest absolute Gasteiger partial charge is 0.319 e. The molecule has 0 aliphatic carbocycles. The summed E-state index contributed by atoms with van der Waals surface area (Å²) < 4.78 is 15.1. The van der Waals surface area contributed by atoms with Crippen LogP contribution in [0.1, 0.15) is 17.0 Å². The molecule has 2 aromatic carbocycles. The maximum absolute atomic E-state index is 13.2. The summed E-state index contributed by atoms with van der Waals surface area (Å²) in [4.78, 5) is 0. The third kappa shape index (κ3) is 4.14. The first-order valence-corrected chi connectivity index (χ1v) is 8.02. The monoisotopic (exact) mass is 399 g/mol. The number of halogens is 3. The van der Waals surface area contributed by atoms with Gasteiger partial charge in [-0.3, -0.25) is 0 Å². The normalized spacial score (nSPS) is 12.4. The summed E-state index contributed by atoms with van der Waals surface area (Å²) in [6.45, 7) is 0.875. The highest BCUT2D eigenvalue weighted by Crippen LogP contribution is 2.27. The Hall–Kier alpha value is -0.710. The topological polar surface area (TPSA) is 12.0 Å². The van der Waals surface area contributed by atoms with Gasteiger partial charge in [0.15, 0.2) is 0 Å². The Morgan fingerprint density at radius 1 is 1.15 bits per heavy atom. The van der Waals surface area contributed by atoms with Crippen LogP contribution in [0.4, 0.5) is 4.39 Å². The number of hydrogen-bond donors (Lipinski definition) is 1. The number of hydrogen-bond acceptors (Lipinski definition) is 1. The fourth-order valence-corrected chi connectivity index (χ4v) is 3.20. The van der Waals surface area contributed by atoms with E-state index in [9.17, 15) is 4.39 Å². The molecule has 2 aromatic rings. The van der Waals surface area contributed by atoms with Crippen LogP contribution >= 0.6 is 31.9 Å². The molecule has 1 N–H and O–H groups in total. The van der Waals surface area contributed by atoms with Gasteiger partial charge in [-0.2, -0.15) is 0 Å². The predicted molar refractivity (Wildman–Crippen MR) is 88.6 cm³/mol. The van der Waals surface area contributed by atoms with Crippen molar-refractivity contribution in [1.82, 2.24) is 5.32 Å². The third-order valence-electron chi connectivity index (χ3n) is 3.25. The molecule has 1 nitrogen and oxygen atoms in total. The highest BCUT2D eigenvalue weighted by atomic mass is 79.9. The number of nitrogens with one attached hydrogen (secondary N) is 1. The predicted octanol–water partition coefficient (Wildman–Crippen LogP) is 4.90. The van der Waals surface area contributed by atoms with E-state index in [1.807, 2.05) is 25.2 Å². The minimum atomic E-state index is -0.215. The van der Waals surface area contributed by atoms with Crippen LogP contribution in [0.2, 0.25) is 0 Å². The Kier molecular flexibility index (Phi) is 5.75. The van der Waals surface area contributed by atoms with Gasteiger partial charge in [-0.1, -0.05) is 50.1 Å². The second-order valence-electron chi connectivity index (χ2n) is 4.75. The molecule has 0 heterocycles. The van der Waals surface area contributed by atoms with Crippen molar-refractivity contribution in [2.75, 3.05) is 13.6 Å². The first-order valence-electron chi connectivity index (χ1n) is 6.44. The Morgan fingerprint density at radius 3 is 2.60 bits per heavy atom. The quantitative estimate of drug-likeness (QED) is 0.752. The Morgan fingerprint density at radius 2 is 1.95 bits per heavy atom. The minimum Gasteiger partial charge on any atom is -0.319 e. The minimum absolute atomic E-state index is 0.215. The second-order valence-corrected chi connectivity index (χ2v) is 6.52. The molecule has 0 saturated heterocycles. The van der Waals surface area contributed by atoms with Gasteiger partial charge in [-0.25, -0.2) is 4.39 Å². The highest BCUT2D eigenvalue weighted by molar-refractivity contribution is 9.10. The molecule has 0 radical (unpaired) electrons. The van der Waals surface area contributed by atoms with Crippen molar-refractivity contribution >= 4 is 31.9 Å². The van der Waals surface area contributed by atoms with E-state index in [1.54, 1.807) is 0 Å². The van der Waals surface area contributed by atoms with Crippen molar-refractivity contribution < 1.29 is 4.39 Å². The molecule has 0 fully saturated rings. The van der Waals surface area contributed by atoms with Gasteiger partial charge >= 0.3 is 0 Å². The lowest BCUT2D eigenvalue weighted by atomic mass is 9.92. The van der Waals surface area contributed by atoms with Crippen LogP contribution in [0.5, 0.6) is 0 Å². The van der Waals surface area contributed by atoms with E-state index in [-0.39, 0.29) is 5.82 Å². The standard InChI is InChI=1S/C16H16Br2FN/c1-20-10-13(11-3-2-4-14(17)8-11)7-12-5-6-15(19)9-16(12)18/h2-6,8-9,13,20H,7,10H2,1H3. The van der Waals surface area contributed by atoms with Crippen LogP contribution in [0, 0.1) is 5.82 Å². The van der Waals surface area contributed by atoms with Gasteiger partial charge in [0.25, 0.3) is 0 Å². The van der Waals surface area contributed by atoms with E-state index in [0.29, 0.717) is 5.92 Å². The first-order chi connectivity index (χ1) is 9.60. The summed E-state index contributed by atoms with van der Waals surface area (Å²) in [5, 5.41) is 3.23. The van der Waals surface area contributed by atoms with Crippen molar-refractivity contribution in [3.8, 4) is 0 Å². The van der Waals surface area contributed by atoms with Gasteiger partial charge < -0.3 is 5.32 Å². The van der Waals surface area contributed by atoms with Crippen molar-refractivity contribution in [3.63, 3.8) is 0 Å². The van der Waals surface area contributed by atoms with Gasteiger partial charge in [-0.05, 0) is 48.9 Å². The fraction of sp³-hybridized carbons (Fsp3) is 0.250. The van der Waals surface area contributed by atoms with E-state index in [2.05, 4.69) is 49.3 Å². The van der Waals surface area contributed by atoms with Gasteiger partial charge in [0.2, 0.25) is 0 Å². The molecule has 0 amide bonds. The Bertz CT molecular complexity index is 586. The van der Waals surface area contributed by atoms with Gasteiger partial charge in [0.1, 0.15) is 5.82 Å². The molecule has 1 atom stereocenters. The average molecular weight is 401 g/mol. The number of likely N-dealkylation sites (N-methyl/N-ethyl adjacent to an activating group) is 1. The van der Waals surface area contributed by atoms with Crippen LogP contribution in [0.15, 0.2) is 51.4 Å². The number of benzene rings is 2. The molecule has 20 heavy (non-hydrogen) atoms. The van der Waals surface area contributed by atoms with Crippen molar-refractivity contribution in [2.45, 2.75) is 12.3 Å². The van der Waals surface area contributed by atoms with Crippen molar-refractivity contribution in [1.29, 1.82) is 0 Å². The molecule has 0 aliphatic rings. The van der Waals surface area contributed by atoms with E-state index >= 15 is 0 Å². The first kappa shape index (κ1) is 15.7. The van der Waals surface area contributed by atoms with Gasteiger partial charge in [-0.15, -0.1) is 0 Å². The second kappa shape index (κ2) is 7.34. The maximum atomic E-state index is 13.2. The third-order valence-corrected chi connectivity index (χ3v) is 4.48. The summed E-state index contributed by atoms with van der Waals surface area (Å²) in [5.74, 6) is 0.132. The van der Waals surface area contributed by atoms with E-state index in [4.69, 9.17) is 0 Å². The molecule has 2 rings (SSSR count). The molecule has 0 spiro atoms. The molecule has 4 heteroatoms. The lowest BCUT2D eigenvalue weighted by Gasteiger charge is -2.18. The summed E-state index contributed by atoms with van der Waals surface area (Å²) in [6.07, 6.45) is 0.859. The smallest absolute Gasteiger partial charge is 0.124 e. The maximum Gasteiger partial charge on any atom is 0.124 e. The summed E-state index contributed by atoms with van der Waals surface area (Å²) in [6, 6.07) is 13.2. The summed E-state index contributed by atoms with van der Waals surface area (Å²) >= 11 is 6.96. The van der Waals surface area contributed by atoms with Crippen LogP contribution < -0.4 is 5.32 Å². The highest BCUT2D eigenvalue weighted by Gasteiger charge is 2.14. The molecular weight excluding hydrogens is 385 g/mol. The fourth-order valence-electron chi connectivity index (χ4n) is 2.27. The molecule has 0 saturated carbocycles. The Balaban J connectivity index is 2.25. The molecule has 0 aromatic heterocycles. The van der Waals surface area contributed by atoms with E-state index in [0.717, 1.165) is 27.5 Å². The summed E-state index contributed by atoms with van der Waals surface area (Å²) in [7, 11) is 1.95. The average Bonchev–Trinajstić information content (AvgIpc) is 2.41. The van der Waals surface area contributed by atoms with Gasteiger partial charge in [0, 0.05) is 21.4 Å². The zero-order valence-electron chi connectivity index (χ0n) is 11.2. The van der Waals surface area contributed by atoms with E-state index in [1.165, 1.54) is 17.7 Å².